The smallest absolute Gasteiger partial charge is 0.329 e. The van der Waals surface area contributed by atoms with Gasteiger partial charge in [-0.1, -0.05) is 83.7 Å². The normalized spacial score (nSPS) is 25.4. The number of hydrogen-bond acceptors (Lipinski definition) is 7. The maximum Gasteiger partial charge on any atom is 0.329 e. The predicted octanol–water partition coefficient (Wildman–Crippen LogP) is 2.82. The zero-order chi connectivity index (χ0) is 34.7. The van der Waals surface area contributed by atoms with E-state index in [-0.39, 0.29) is 47.5 Å². The van der Waals surface area contributed by atoms with E-state index in [9.17, 15) is 28.8 Å². The number of nitrogens with zero attached hydrogens (tertiary/aromatic N) is 1. The fourth-order valence-electron chi connectivity index (χ4n) is 7.87. The first-order chi connectivity index (χ1) is 22.8. The number of likely N-dealkylation sites (tertiary alicyclic amines) is 1. The van der Waals surface area contributed by atoms with Crippen molar-refractivity contribution in [2.75, 3.05) is 6.54 Å². The van der Waals surface area contributed by atoms with Crippen LogP contribution < -0.4 is 21.7 Å². The fraction of sp³-hybridized carbons (Fsp3) is 0.667. The van der Waals surface area contributed by atoms with Crippen molar-refractivity contribution in [1.82, 2.24) is 20.9 Å². The highest BCUT2D eigenvalue weighted by atomic mass is 16.5. The number of benzene rings is 1. The van der Waals surface area contributed by atoms with Crippen molar-refractivity contribution in [3.8, 4) is 0 Å². The Morgan fingerprint density at radius 1 is 0.917 bits per heavy atom. The highest BCUT2D eigenvalue weighted by Gasteiger charge is 2.70. The Labute approximate surface area is 282 Å². The molecule has 4 fully saturated rings. The van der Waals surface area contributed by atoms with Gasteiger partial charge in [0.2, 0.25) is 17.6 Å². The summed E-state index contributed by atoms with van der Waals surface area (Å²) >= 11 is 0. The number of carbonyl (C=O) groups is 6. The Hall–Kier alpha value is -3.96. The maximum atomic E-state index is 14.5. The summed E-state index contributed by atoms with van der Waals surface area (Å²) in [7, 11) is 0. The Balaban J connectivity index is 1.32. The zero-order valence-corrected chi connectivity index (χ0v) is 28.5. The van der Waals surface area contributed by atoms with E-state index in [1.807, 2.05) is 44.2 Å². The van der Waals surface area contributed by atoms with Gasteiger partial charge < -0.3 is 31.3 Å². The monoisotopic (exact) mass is 665 g/mol. The molecule has 1 aromatic carbocycles. The summed E-state index contributed by atoms with van der Waals surface area (Å²) in [4.78, 5) is 81.1. The zero-order valence-electron chi connectivity index (χ0n) is 28.5. The molecule has 48 heavy (non-hydrogen) atoms. The molecule has 4 aliphatic rings. The SMILES string of the molecule is CC[C@H](C)[C@H](NC(=O)N[C@H](C(=O)N1C[C@H]2[C@@H]([C@H]1C(=O)NC(C(=O)C(N)=O)C1CC1)C2(C)C)C1CCCCC1)C(=O)OCc1ccccc1. The topological polar surface area (TPSA) is 177 Å². The maximum absolute atomic E-state index is 14.5. The first-order valence-electron chi connectivity index (χ1n) is 17.6. The number of piperidine rings is 1. The molecule has 3 saturated carbocycles. The summed E-state index contributed by atoms with van der Waals surface area (Å²) in [5, 5.41) is 8.50. The molecule has 12 nitrogen and oxygen atoms in total. The molecule has 262 valence electrons. The quantitative estimate of drug-likeness (QED) is 0.174. The van der Waals surface area contributed by atoms with E-state index in [0.29, 0.717) is 25.8 Å². The van der Waals surface area contributed by atoms with Crippen molar-refractivity contribution in [1.29, 1.82) is 0 Å². The first-order valence-corrected chi connectivity index (χ1v) is 17.6. The van der Waals surface area contributed by atoms with Crippen molar-refractivity contribution in [2.45, 2.75) is 110 Å². The van der Waals surface area contributed by atoms with E-state index >= 15 is 0 Å². The average Bonchev–Trinajstić information content (AvgIpc) is 3.96. The van der Waals surface area contributed by atoms with E-state index in [4.69, 9.17) is 10.5 Å². The molecular formula is C36H51N5O7. The minimum Gasteiger partial charge on any atom is -0.459 e. The van der Waals surface area contributed by atoms with Crippen LogP contribution in [0.1, 0.15) is 84.6 Å². The molecular weight excluding hydrogens is 614 g/mol. The Morgan fingerprint density at radius 2 is 1.56 bits per heavy atom. The van der Waals surface area contributed by atoms with E-state index in [1.165, 1.54) is 0 Å². The summed E-state index contributed by atoms with van der Waals surface area (Å²) < 4.78 is 5.57. The van der Waals surface area contributed by atoms with Gasteiger partial charge in [0.05, 0.1) is 0 Å². The number of rotatable bonds is 14. The summed E-state index contributed by atoms with van der Waals surface area (Å²) in [6.45, 7) is 8.33. The van der Waals surface area contributed by atoms with Gasteiger partial charge in [-0.2, -0.15) is 0 Å². The average molecular weight is 666 g/mol. The molecule has 5 amide bonds. The van der Waals surface area contributed by atoms with E-state index in [0.717, 1.165) is 37.7 Å². The molecule has 12 heteroatoms. The third-order valence-corrected chi connectivity index (χ3v) is 11.3. The Morgan fingerprint density at radius 3 is 2.17 bits per heavy atom. The largest absolute Gasteiger partial charge is 0.459 e. The minimum atomic E-state index is -1.09. The lowest BCUT2D eigenvalue weighted by atomic mass is 9.83. The van der Waals surface area contributed by atoms with Crippen LogP contribution in [-0.2, 0) is 35.3 Å². The lowest BCUT2D eigenvalue weighted by molar-refractivity contribution is -0.148. The van der Waals surface area contributed by atoms with E-state index in [1.54, 1.807) is 4.90 Å². The van der Waals surface area contributed by atoms with Crippen LogP contribution in [0.2, 0.25) is 0 Å². The number of Topliss-reactive ketones (excluding diaryl/α,β-unsaturated/α-hetero) is 1. The summed E-state index contributed by atoms with van der Waals surface area (Å²) in [5.41, 5.74) is 5.94. The molecule has 1 heterocycles. The number of urea groups is 1. The van der Waals surface area contributed by atoms with Crippen molar-refractivity contribution >= 4 is 35.5 Å². The van der Waals surface area contributed by atoms with Gasteiger partial charge in [0.25, 0.3) is 5.91 Å². The number of fused-ring (bicyclic) bond motifs is 1. The predicted molar refractivity (Wildman–Crippen MR) is 177 cm³/mol. The number of carbonyl (C=O) groups excluding carboxylic acids is 6. The molecule has 0 aromatic heterocycles. The van der Waals surface area contributed by atoms with E-state index < -0.39 is 53.8 Å². The van der Waals surface area contributed by atoms with Crippen LogP contribution in [0.4, 0.5) is 4.79 Å². The number of hydrogen-bond donors (Lipinski definition) is 4. The van der Waals surface area contributed by atoms with Gasteiger partial charge in [0.1, 0.15) is 30.8 Å². The Kier molecular flexibility index (Phi) is 10.8. The third kappa shape index (κ3) is 7.68. The standard InChI is InChI=1S/C36H51N5O7/c1-5-20(2)26(34(46)48-19-21-12-8-6-9-13-21)39-35(47)40-28(22-14-10-7-11-15-22)33(45)41-18-24-25(36(24,3)4)29(41)32(44)38-27(23-16-17-23)30(42)31(37)43/h6,8-9,12-13,20,22-29H,5,7,10-11,14-19H2,1-4H3,(H2,37,43)(H,38,44)(H2,39,40,47)/t20-,24-,25-,26-,27?,28-,29-/m0/s1. The molecule has 5 N–H and O–H groups in total. The van der Waals surface area contributed by atoms with Crippen LogP contribution in [0.15, 0.2) is 30.3 Å². The number of ether oxygens (including phenoxy) is 1. The van der Waals surface area contributed by atoms with Crippen molar-refractivity contribution in [2.24, 2.45) is 40.7 Å². The molecule has 0 radical (unpaired) electrons. The van der Waals surface area contributed by atoms with Gasteiger partial charge in [-0.3, -0.25) is 19.2 Å². The molecule has 3 aliphatic carbocycles. The molecule has 0 spiro atoms. The number of nitrogens with one attached hydrogen (secondary N) is 3. The highest BCUT2D eigenvalue weighted by molar-refractivity contribution is 6.38. The summed E-state index contributed by atoms with van der Waals surface area (Å²) in [6, 6.07) is 4.94. The van der Waals surface area contributed by atoms with Crippen molar-refractivity contribution < 1.29 is 33.5 Å². The van der Waals surface area contributed by atoms with Crippen molar-refractivity contribution in [3.63, 3.8) is 0 Å². The van der Waals surface area contributed by atoms with Gasteiger partial charge in [0, 0.05) is 6.54 Å². The second-order valence-electron chi connectivity index (χ2n) is 14.9. The van der Waals surface area contributed by atoms with Crippen LogP contribution >= 0.6 is 0 Å². The molecule has 0 bridgehead atoms. The summed E-state index contributed by atoms with van der Waals surface area (Å²) in [6.07, 6.45) is 6.37. The van der Waals surface area contributed by atoms with Gasteiger partial charge in [-0.25, -0.2) is 9.59 Å². The lowest BCUT2D eigenvalue weighted by Crippen LogP contribution is -2.61. The van der Waals surface area contributed by atoms with Gasteiger partial charge in [-0.05, 0) is 66.3 Å². The number of ketones is 1. The number of primary amides is 1. The number of esters is 1. The molecule has 5 rings (SSSR count). The lowest BCUT2D eigenvalue weighted by Gasteiger charge is -2.37. The molecule has 1 unspecified atom stereocenters. The van der Waals surface area contributed by atoms with Gasteiger partial charge >= 0.3 is 12.0 Å². The van der Waals surface area contributed by atoms with Crippen LogP contribution in [0, 0.1) is 35.0 Å². The van der Waals surface area contributed by atoms with Crippen LogP contribution in [0.3, 0.4) is 0 Å². The first kappa shape index (κ1) is 35.3. The highest BCUT2D eigenvalue weighted by Crippen LogP contribution is 2.65. The van der Waals surface area contributed by atoms with E-state index in [2.05, 4.69) is 29.8 Å². The molecule has 1 saturated heterocycles. The molecule has 7 atom stereocenters. The summed E-state index contributed by atoms with van der Waals surface area (Å²) in [5.74, 6) is -3.88. The second kappa shape index (κ2) is 14.7. The minimum absolute atomic E-state index is 0.0722. The molecule has 1 aliphatic heterocycles. The third-order valence-electron chi connectivity index (χ3n) is 11.3. The van der Waals surface area contributed by atoms with Crippen LogP contribution in [-0.4, -0.2) is 71.1 Å². The second-order valence-corrected chi connectivity index (χ2v) is 14.9. The van der Waals surface area contributed by atoms with Crippen LogP contribution in [0.5, 0.6) is 0 Å². The number of amides is 5. The fourth-order valence-corrected chi connectivity index (χ4v) is 7.87. The van der Waals surface area contributed by atoms with Crippen LogP contribution in [0.25, 0.3) is 0 Å². The van der Waals surface area contributed by atoms with Gasteiger partial charge in [0.15, 0.2) is 0 Å². The number of nitrogens with two attached hydrogens (primary N) is 1. The van der Waals surface area contributed by atoms with Gasteiger partial charge in [-0.15, -0.1) is 0 Å². The van der Waals surface area contributed by atoms with Crippen molar-refractivity contribution in [3.05, 3.63) is 35.9 Å². The Bertz CT molecular complexity index is 1390. The molecule has 1 aromatic rings.